The van der Waals surface area contributed by atoms with Gasteiger partial charge < -0.3 is 20.5 Å². The van der Waals surface area contributed by atoms with Gasteiger partial charge in [-0.15, -0.1) is 0 Å². The van der Waals surface area contributed by atoms with Crippen molar-refractivity contribution in [3.63, 3.8) is 0 Å². The summed E-state index contributed by atoms with van der Waals surface area (Å²) in [6.45, 7) is 0.625. The monoisotopic (exact) mass is 274 g/mol. The van der Waals surface area contributed by atoms with Gasteiger partial charge in [0.05, 0.1) is 6.04 Å². The summed E-state index contributed by atoms with van der Waals surface area (Å²) in [7, 11) is 0. The Morgan fingerprint density at radius 1 is 1.15 bits per heavy atom. The number of hydrogen-bond acceptors (Lipinski definition) is 4. The molecular weight excluding hydrogens is 259 g/mol. The Bertz CT molecular complexity index is 619. The summed E-state index contributed by atoms with van der Waals surface area (Å²) in [6.07, 6.45) is 0. The van der Waals surface area contributed by atoms with E-state index in [2.05, 4.69) is 5.32 Å². The molecule has 0 saturated heterocycles. The highest BCUT2D eigenvalue weighted by molar-refractivity contribution is 5.49. The van der Waals surface area contributed by atoms with E-state index >= 15 is 0 Å². The lowest BCUT2D eigenvalue weighted by Gasteiger charge is -2.19. The van der Waals surface area contributed by atoms with Crippen LogP contribution >= 0.6 is 0 Å². The first-order valence-corrected chi connectivity index (χ1v) is 6.38. The highest BCUT2D eigenvalue weighted by atomic mass is 19.1. The summed E-state index contributed by atoms with van der Waals surface area (Å²) in [6, 6.07) is 11.9. The summed E-state index contributed by atoms with van der Waals surface area (Å²) in [5.74, 6) is 1.16. The second kappa shape index (κ2) is 5.38. The van der Waals surface area contributed by atoms with Crippen molar-refractivity contribution in [2.45, 2.75) is 6.04 Å². The molecule has 3 rings (SSSR count). The average Bonchev–Trinajstić information content (AvgIpc) is 2.92. The Labute approximate surface area is 116 Å². The van der Waals surface area contributed by atoms with Crippen molar-refractivity contribution in [2.24, 2.45) is 5.73 Å². The van der Waals surface area contributed by atoms with Gasteiger partial charge in [0.2, 0.25) is 6.79 Å². The van der Waals surface area contributed by atoms with Gasteiger partial charge in [0, 0.05) is 12.2 Å². The summed E-state index contributed by atoms with van der Waals surface area (Å²) < 4.78 is 23.8. The van der Waals surface area contributed by atoms with Gasteiger partial charge in [-0.2, -0.15) is 0 Å². The Hall–Kier alpha value is -2.27. The van der Waals surface area contributed by atoms with Crippen LogP contribution in [0.2, 0.25) is 0 Å². The van der Waals surface area contributed by atoms with Crippen molar-refractivity contribution >= 4 is 5.69 Å². The van der Waals surface area contributed by atoms with Crippen LogP contribution in [-0.2, 0) is 0 Å². The molecule has 1 aliphatic rings. The maximum Gasteiger partial charge on any atom is 0.231 e. The molecule has 3 N–H and O–H groups in total. The molecule has 1 heterocycles. The van der Waals surface area contributed by atoms with Gasteiger partial charge in [-0.3, -0.25) is 0 Å². The van der Waals surface area contributed by atoms with Crippen LogP contribution in [0.3, 0.4) is 0 Å². The van der Waals surface area contributed by atoms with Gasteiger partial charge in [-0.1, -0.05) is 12.1 Å². The van der Waals surface area contributed by atoms with Crippen molar-refractivity contribution in [2.75, 3.05) is 18.7 Å². The quantitative estimate of drug-likeness (QED) is 0.900. The zero-order valence-corrected chi connectivity index (χ0v) is 10.8. The zero-order chi connectivity index (χ0) is 13.9. The average molecular weight is 274 g/mol. The van der Waals surface area contributed by atoms with E-state index < -0.39 is 0 Å². The second-order valence-corrected chi connectivity index (χ2v) is 4.56. The fraction of sp³-hybridized carbons (Fsp3) is 0.200. The fourth-order valence-corrected chi connectivity index (χ4v) is 2.19. The molecule has 4 nitrogen and oxygen atoms in total. The SMILES string of the molecule is NCC(Nc1cccc(F)c1)c1ccc2c(c1)OCO2. The highest BCUT2D eigenvalue weighted by Crippen LogP contribution is 2.34. The van der Waals surface area contributed by atoms with Crippen LogP contribution < -0.4 is 20.5 Å². The number of benzene rings is 2. The van der Waals surface area contributed by atoms with Crippen molar-refractivity contribution in [1.29, 1.82) is 0 Å². The number of nitrogens with two attached hydrogens (primary N) is 1. The third kappa shape index (κ3) is 2.53. The molecule has 1 aliphatic heterocycles. The number of ether oxygens (including phenoxy) is 2. The predicted molar refractivity (Wildman–Crippen MR) is 74.4 cm³/mol. The van der Waals surface area contributed by atoms with E-state index in [0.717, 1.165) is 11.3 Å². The molecule has 0 aliphatic carbocycles. The van der Waals surface area contributed by atoms with Crippen molar-refractivity contribution in [3.05, 3.63) is 53.8 Å². The molecule has 0 amide bonds. The highest BCUT2D eigenvalue weighted by Gasteiger charge is 2.17. The number of anilines is 1. The Morgan fingerprint density at radius 3 is 2.80 bits per heavy atom. The van der Waals surface area contributed by atoms with Gasteiger partial charge in [0.1, 0.15) is 5.82 Å². The number of fused-ring (bicyclic) bond motifs is 1. The minimum Gasteiger partial charge on any atom is -0.454 e. The van der Waals surface area contributed by atoms with E-state index in [0.29, 0.717) is 18.0 Å². The summed E-state index contributed by atoms with van der Waals surface area (Å²) in [4.78, 5) is 0. The van der Waals surface area contributed by atoms with Crippen LogP contribution in [0.25, 0.3) is 0 Å². The standard InChI is InChI=1S/C15H15FN2O2/c16-11-2-1-3-12(7-11)18-13(8-17)10-4-5-14-15(6-10)20-9-19-14/h1-7,13,18H,8-9,17H2. The fourth-order valence-electron chi connectivity index (χ4n) is 2.19. The maximum absolute atomic E-state index is 13.2. The van der Waals surface area contributed by atoms with Crippen LogP contribution in [0.5, 0.6) is 11.5 Å². The molecule has 0 fully saturated rings. The van der Waals surface area contributed by atoms with Crippen molar-refractivity contribution in [3.8, 4) is 11.5 Å². The molecule has 2 aromatic rings. The molecule has 5 heteroatoms. The number of rotatable bonds is 4. The molecule has 104 valence electrons. The molecule has 0 saturated carbocycles. The van der Waals surface area contributed by atoms with Gasteiger partial charge in [0.15, 0.2) is 11.5 Å². The van der Waals surface area contributed by atoms with Gasteiger partial charge in [-0.25, -0.2) is 4.39 Å². The van der Waals surface area contributed by atoms with E-state index in [-0.39, 0.29) is 18.7 Å². The van der Waals surface area contributed by atoms with Gasteiger partial charge in [0.25, 0.3) is 0 Å². The first-order chi connectivity index (χ1) is 9.76. The number of halogens is 1. The van der Waals surface area contributed by atoms with E-state index in [1.807, 2.05) is 18.2 Å². The topological polar surface area (TPSA) is 56.5 Å². The number of nitrogens with one attached hydrogen (secondary N) is 1. The Balaban J connectivity index is 1.83. The minimum atomic E-state index is -0.281. The van der Waals surface area contributed by atoms with Gasteiger partial charge in [-0.05, 0) is 35.9 Å². The van der Waals surface area contributed by atoms with Crippen LogP contribution in [0.4, 0.5) is 10.1 Å². The van der Waals surface area contributed by atoms with Crippen LogP contribution in [-0.4, -0.2) is 13.3 Å². The van der Waals surface area contributed by atoms with E-state index in [1.54, 1.807) is 12.1 Å². The summed E-state index contributed by atoms with van der Waals surface area (Å²) in [5, 5.41) is 3.22. The molecule has 2 aromatic carbocycles. The second-order valence-electron chi connectivity index (χ2n) is 4.56. The molecule has 20 heavy (non-hydrogen) atoms. The predicted octanol–water partition coefficient (Wildman–Crippen LogP) is 2.67. The smallest absolute Gasteiger partial charge is 0.231 e. The van der Waals surface area contributed by atoms with Crippen molar-refractivity contribution in [1.82, 2.24) is 0 Å². The molecule has 0 bridgehead atoms. The first-order valence-electron chi connectivity index (χ1n) is 6.38. The summed E-state index contributed by atoms with van der Waals surface area (Å²) in [5.41, 5.74) is 7.47. The first kappa shape index (κ1) is 12.7. The molecule has 0 aromatic heterocycles. The molecule has 0 radical (unpaired) electrons. The summed E-state index contributed by atoms with van der Waals surface area (Å²) >= 11 is 0. The largest absolute Gasteiger partial charge is 0.454 e. The molecule has 0 spiro atoms. The third-order valence-electron chi connectivity index (χ3n) is 3.20. The Morgan fingerprint density at radius 2 is 2.00 bits per heavy atom. The van der Waals surface area contributed by atoms with Crippen LogP contribution in [0, 0.1) is 5.82 Å². The maximum atomic E-state index is 13.2. The zero-order valence-electron chi connectivity index (χ0n) is 10.8. The Kier molecular flexibility index (Phi) is 3.43. The van der Waals surface area contributed by atoms with E-state index in [1.165, 1.54) is 12.1 Å². The van der Waals surface area contributed by atoms with E-state index in [9.17, 15) is 4.39 Å². The van der Waals surface area contributed by atoms with Crippen LogP contribution in [0.1, 0.15) is 11.6 Å². The molecule has 1 unspecified atom stereocenters. The lowest BCUT2D eigenvalue weighted by Crippen LogP contribution is -2.20. The third-order valence-corrected chi connectivity index (χ3v) is 3.20. The lowest BCUT2D eigenvalue weighted by molar-refractivity contribution is 0.174. The minimum absolute atomic E-state index is 0.119. The van der Waals surface area contributed by atoms with Crippen molar-refractivity contribution < 1.29 is 13.9 Å². The number of hydrogen-bond donors (Lipinski definition) is 2. The van der Waals surface area contributed by atoms with Gasteiger partial charge >= 0.3 is 0 Å². The molecule has 1 atom stereocenters. The normalized spacial score (nSPS) is 14.1. The lowest BCUT2D eigenvalue weighted by atomic mass is 10.1. The molecular formula is C15H15FN2O2. The van der Waals surface area contributed by atoms with E-state index in [4.69, 9.17) is 15.2 Å². The van der Waals surface area contributed by atoms with Crippen LogP contribution in [0.15, 0.2) is 42.5 Å².